The number of anilines is 1. The number of nitrogens with one attached hydrogen (secondary N) is 1. The van der Waals surface area contributed by atoms with Crippen molar-refractivity contribution in [3.63, 3.8) is 0 Å². The Morgan fingerprint density at radius 3 is 3.10 bits per heavy atom. The molecule has 1 aromatic heterocycles. The first-order chi connectivity index (χ1) is 10.2. The molecule has 21 heavy (non-hydrogen) atoms. The van der Waals surface area contributed by atoms with E-state index in [1.807, 2.05) is 19.1 Å². The second kappa shape index (κ2) is 6.65. The number of nitrogens with zero attached hydrogens (tertiary/aromatic N) is 1. The van der Waals surface area contributed by atoms with Crippen LogP contribution < -0.4 is 10.1 Å². The molecular formula is C17H24N2OS. The summed E-state index contributed by atoms with van der Waals surface area (Å²) in [4.78, 5) is 4.67. The lowest BCUT2D eigenvalue weighted by molar-refractivity contribution is 0.293. The van der Waals surface area contributed by atoms with Gasteiger partial charge >= 0.3 is 0 Å². The zero-order valence-corrected chi connectivity index (χ0v) is 13.7. The van der Waals surface area contributed by atoms with E-state index in [-0.39, 0.29) is 0 Å². The first-order valence-corrected chi connectivity index (χ1v) is 8.83. The van der Waals surface area contributed by atoms with Gasteiger partial charge in [0, 0.05) is 6.54 Å². The topological polar surface area (TPSA) is 34.1 Å². The van der Waals surface area contributed by atoms with E-state index in [0.717, 1.165) is 34.8 Å². The van der Waals surface area contributed by atoms with Crippen molar-refractivity contribution < 1.29 is 4.74 Å². The van der Waals surface area contributed by atoms with E-state index in [1.54, 1.807) is 11.3 Å². The van der Waals surface area contributed by atoms with Crippen LogP contribution in [0.2, 0.25) is 0 Å². The Morgan fingerprint density at radius 2 is 2.29 bits per heavy atom. The largest absolute Gasteiger partial charge is 0.494 e. The van der Waals surface area contributed by atoms with Crippen LogP contribution >= 0.6 is 11.3 Å². The molecule has 0 spiro atoms. The molecule has 114 valence electrons. The second-order valence-corrected chi connectivity index (χ2v) is 7.13. The quantitative estimate of drug-likeness (QED) is 0.850. The molecule has 1 aliphatic rings. The third kappa shape index (κ3) is 3.67. The van der Waals surface area contributed by atoms with E-state index < -0.39 is 0 Å². The van der Waals surface area contributed by atoms with Crippen LogP contribution in [-0.2, 0) is 0 Å². The Labute approximate surface area is 130 Å². The molecule has 1 fully saturated rings. The fourth-order valence-corrected chi connectivity index (χ4v) is 4.11. The first kappa shape index (κ1) is 14.6. The number of aromatic nitrogens is 1. The van der Waals surface area contributed by atoms with Gasteiger partial charge in [0.15, 0.2) is 5.13 Å². The molecule has 2 aromatic rings. The molecule has 0 saturated heterocycles. The minimum absolute atomic E-state index is 0.704. The summed E-state index contributed by atoms with van der Waals surface area (Å²) >= 11 is 1.72. The highest BCUT2D eigenvalue weighted by molar-refractivity contribution is 7.22. The van der Waals surface area contributed by atoms with Gasteiger partial charge in [-0.25, -0.2) is 4.98 Å². The Morgan fingerprint density at radius 1 is 1.38 bits per heavy atom. The van der Waals surface area contributed by atoms with E-state index in [9.17, 15) is 0 Å². The van der Waals surface area contributed by atoms with Crippen LogP contribution in [0.4, 0.5) is 5.13 Å². The normalized spacial score (nSPS) is 22.4. The summed E-state index contributed by atoms with van der Waals surface area (Å²) in [5, 5.41) is 4.58. The third-order valence-corrected chi connectivity index (χ3v) is 5.23. The molecule has 3 rings (SSSR count). The fraction of sp³-hybridized carbons (Fsp3) is 0.588. The minimum atomic E-state index is 0.704. The number of hydrogen-bond acceptors (Lipinski definition) is 4. The highest BCUT2D eigenvalue weighted by atomic mass is 32.1. The van der Waals surface area contributed by atoms with E-state index >= 15 is 0 Å². The van der Waals surface area contributed by atoms with Crippen LogP contribution in [0.25, 0.3) is 10.2 Å². The lowest BCUT2D eigenvalue weighted by Gasteiger charge is -2.26. The molecule has 2 atom stereocenters. The third-order valence-electron chi connectivity index (χ3n) is 4.26. The maximum Gasteiger partial charge on any atom is 0.183 e. The maximum atomic E-state index is 5.55. The van der Waals surface area contributed by atoms with E-state index in [2.05, 4.69) is 23.3 Å². The summed E-state index contributed by atoms with van der Waals surface area (Å²) < 4.78 is 6.74. The molecule has 0 aliphatic heterocycles. The SMILES string of the molecule is CCOc1ccc2nc(NCC3CCCC(C)C3)sc2c1. The number of ether oxygens (including phenoxy) is 1. The van der Waals surface area contributed by atoms with Gasteiger partial charge in [-0.15, -0.1) is 0 Å². The van der Waals surface area contributed by atoms with Gasteiger partial charge < -0.3 is 10.1 Å². The molecule has 3 nitrogen and oxygen atoms in total. The standard InChI is InChI=1S/C17H24N2OS/c1-3-20-14-7-8-15-16(10-14)21-17(19-15)18-11-13-6-4-5-12(2)9-13/h7-8,10,12-13H,3-6,9,11H2,1-2H3,(H,18,19). The van der Waals surface area contributed by atoms with Crippen LogP contribution in [0.1, 0.15) is 39.5 Å². The van der Waals surface area contributed by atoms with Gasteiger partial charge in [0.1, 0.15) is 5.75 Å². The molecule has 4 heteroatoms. The zero-order valence-electron chi connectivity index (χ0n) is 12.9. The summed E-state index contributed by atoms with van der Waals surface area (Å²) in [6.07, 6.45) is 5.49. The van der Waals surface area contributed by atoms with Crippen molar-refractivity contribution in [1.29, 1.82) is 0 Å². The van der Waals surface area contributed by atoms with Gasteiger partial charge in [-0.1, -0.05) is 31.1 Å². The smallest absolute Gasteiger partial charge is 0.183 e. The maximum absolute atomic E-state index is 5.55. The highest BCUT2D eigenvalue weighted by Gasteiger charge is 2.18. The molecule has 1 heterocycles. The Kier molecular flexibility index (Phi) is 4.63. The van der Waals surface area contributed by atoms with Crippen molar-refractivity contribution in [2.75, 3.05) is 18.5 Å². The molecule has 0 amide bonds. The Bertz CT molecular complexity index is 595. The van der Waals surface area contributed by atoms with Gasteiger partial charge in [0.05, 0.1) is 16.8 Å². The van der Waals surface area contributed by atoms with Crippen molar-refractivity contribution in [3.8, 4) is 5.75 Å². The second-order valence-electron chi connectivity index (χ2n) is 6.10. The number of rotatable bonds is 5. The zero-order chi connectivity index (χ0) is 14.7. The molecule has 1 aromatic carbocycles. The average Bonchev–Trinajstić information content (AvgIpc) is 2.88. The van der Waals surface area contributed by atoms with Gasteiger partial charge in [-0.2, -0.15) is 0 Å². The minimum Gasteiger partial charge on any atom is -0.494 e. The molecule has 1 saturated carbocycles. The monoisotopic (exact) mass is 304 g/mol. The average molecular weight is 304 g/mol. The van der Waals surface area contributed by atoms with Gasteiger partial charge in [0.2, 0.25) is 0 Å². The number of hydrogen-bond donors (Lipinski definition) is 1. The van der Waals surface area contributed by atoms with Gasteiger partial charge in [-0.3, -0.25) is 0 Å². The summed E-state index contributed by atoms with van der Waals surface area (Å²) in [6.45, 7) is 6.14. The predicted molar refractivity (Wildman–Crippen MR) is 90.4 cm³/mol. The van der Waals surface area contributed by atoms with Crippen LogP contribution in [0, 0.1) is 11.8 Å². The Balaban J connectivity index is 1.64. The summed E-state index contributed by atoms with van der Waals surface area (Å²) in [7, 11) is 0. The van der Waals surface area contributed by atoms with Crippen LogP contribution in [0.3, 0.4) is 0 Å². The summed E-state index contributed by atoms with van der Waals surface area (Å²) in [5.41, 5.74) is 1.06. The van der Waals surface area contributed by atoms with Crippen molar-refractivity contribution in [2.24, 2.45) is 11.8 Å². The van der Waals surface area contributed by atoms with Crippen molar-refractivity contribution >= 4 is 26.7 Å². The fourth-order valence-electron chi connectivity index (χ4n) is 3.21. The number of benzene rings is 1. The van der Waals surface area contributed by atoms with Crippen LogP contribution in [0.15, 0.2) is 18.2 Å². The van der Waals surface area contributed by atoms with Gasteiger partial charge in [0.25, 0.3) is 0 Å². The first-order valence-electron chi connectivity index (χ1n) is 8.02. The van der Waals surface area contributed by atoms with E-state index in [4.69, 9.17) is 4.74 Å². The van der Waals surface area contributed by atoms with Crippen LogP contribution in [-0.4, -0.2) is 18.1 Å². The predicted octanol–water partition coefficient (Wildman–Crippen LogP) is 4.93. The molecule has 0 bridgehead atoms. The molecule has 0 radical (unpaired) electrons. The molecule has 1 aliphatic carbocycles. The highest BCUT2D eigenvalue weighted by Crippen LogP contribution is 2.31. The Hall–Kier alpha value is -1.29. The lowest BCUT2D eigenvalue weighted by atomic mass is 9.82. The van der Waals surface area contributed by atoms with E-state index in [0.29, 0.717) is 6.61 Å². The van der Waals surface area contributed by atoms with Crippen molar-refractivity contribution in [2.45, 2.75) is 39.5 Å². The molecule has 1 N–H and O–H groups in total. The number of thiazole rings is 1. The summed E-state index contributed by atoms with van der Waals surface area (Å²) in [6, 6.07) is 6.13. The summed E-state index contributed by atoms with van der Waals surface area (Å²) in [5.74, 6) is 2.62. The van der Waals surface area contributed by atoms with Crippen LogP contribution in [0.5, 0.6) is 5.75 Å². The van der Waals surface area contributed by atoms with E-state index in [1.165, 1.54) is 30.4 Å². The van der Waals surface area contributed by atoms with Crippen molar-refractivity contribution in [1.82, 2.24) is 4.98 Å². The van der Waals surface area contributed by atoms with Crippen molar-refractivity contribution in [3.05, 3.63) is 18.2 Å². The molecule has 2 unspecified atom stereocenters. The lowest BCUT2D eigenvalue weighted by Crippen LogP contribution is -2.20. The van der Waals surface area contributed by atoms with Gasteiger partial charge in [-0.05, 0) is 49.8 Å². The molecular weight excluding hydrogens is 280 g/mol. The number of fused-ring (bicyclic) bond motifs is 1.